The first-order valence-corrected chi connectivity index (χ1v) is 7.44. The SMILES string of the molecule is O=C(CCC1CCCN1)Nc1ccc(-n2cccn2)cc1. The van der Waals surface area contributed by atoms with Crippen molar-refractivity contribution in [3.63, 3.8) is 0 Å². The molecule has 1 aromatic heterocycles. The zero-order valence-electron chi connectivity index (χ0n) is 12.0. The number of carbonyl (C=O) groups excluding carboxylic acids is 1. The van der Waals surface area contributed by atoms with Gasteiger partial charge in [-0.25, -0.2) is 4.68 Å². The van der Waals surface area contributed by atoms with E-state index in [1.54, 1.807) is 10.9 Å². The molecule has 1 aliphatic rings. The molecule has 110 valence electrons. The summed E-state index contributed by atoms with van der Waals surface area (Å²) in [5.74, 6) is 0.0792. The normalized spacial score (nSPS) is 17.8. The van der Waals surface area contributed by atoms with Crippen LogP contribution in [0, 0.1) is 0 Å². The van der Waals surface area contributed by atoms with Gasteiger partial charge < -0.3 is 10.6 Å². The number of hydrogen-bond donors (Lipinski definition) is 2. The van der Waals surface area contributed by atoms with Crippen LogP contribution in [0.2, 0.25) is 0 Å². The van der Waals surface area contributed by atoms with Crippen molar-refractivity contribution in [1.29, 1.82) is 0 Å². The first kappa shape index (κ1) is 13.8. The third-order valence-corrected chi connectivity index (χ3v) is 3.80. The van der Waals surface area contributed by atoms with Crippen LogP contribution < -0.4 is 10.6 Å². The summed E-state index contributed by atoms with van der Waals surface area (Å²) < 4.78 is 1.79. The lowest BCUT2D eigenvalue weighted by molar-refractivity contribution is -0.116. The van der Waals surface area contributed by atoms with Crippen LogP contribution in [0.25, 0.3) is 5.69 Å². The first-order valence-electron chi connectivity index (χ1n) is 7.44. The fraction of sp³-hybridized carbons (Fsp3) is 0.375. The molecule has 2 heterocycles. The zero-order valence-corrected chi connectivity index (χ0v) is 12.0. The van der Waals surface area contributed by atoms with E-state index in [1.165, 1.54) is 12.8 Å². The molecule has 0 radical (unpaired) electrons. The van der Waals surface area contributed by atoms with Crippen molar-refractivity contribution in [3.8, 4) is 5.69 Å². The largest absolute Gasteiger partial charge is 0.326 e. The molecule has 0 spiro atoms. The van der Waals surface area contributed by atoms with E-state index in [0.29, 0.717) is 12.5 Å². The second kappa shape index (κ2) is 6.54. The Labute approximate surface area is 124 Å². The molecule has 3 rings (SSSR count). The summed E-state index contributed by atoms with van der Waals surface area (Å²) in [5, 5.41) is 10.5. The number of hydrogen-bond acceptors (Lipinski definition) is 3. The maximum absolute atomic E-state index is 11.9. The van der Waals surface area contributed by atoms with Crippen LogP contribution in [0.5, 0.6) is 0 Å². The van der Waals surface area contributed by atoms with E-state index in [4.69, 9.17) is 0 Å². The molecule has 5 nitrogen and oxygen atoms in total. The summed E-state index contributed by atoms with van der Waals surface area (Å²) in [7, 11) is 0. The number of rotatable bonds is 5. The van der Waals surface area contributed by atoms with Gasteiger partial charge in [0.1, 0.15) is 0 Å². The topological polar surface area (TPSA) is 59.0 Å². The van der Waals surface area contributed by atoms with Gasteiger partial charge in [-0.15, -0.1) is 0 Å². The number of benzene rings is 1. The zero-order chi connectivity index (χ0) is 14.5. The first-order chi connectivity index (χ1) is 10.3. The Balaban J connectivity index is 1.51. The Kier molecular flexibility index (Phi) is 4.31. The molecule has 1 fully saturated rings. The van der Waals surface area contributed by atoms with E-state index < -0.39 is 0 Å². The third kappa shape index (κ3) is 3.70. The average molecular weight is 284 g/mol. The Morgan fingerprint density at radius 2 is 2.24 bits per heavy atom. The average Bonchev–Trinajstić information content (AvgIpc) is 3.19. The van der Waals surface area contributed by atoms with Gasteiger partial charge in [0.25, 0.3) is 0 Å². The fourth-order valence-corrected chi connectivity index (χ4v) is 2.65. The number of nitrogens with one attached hydrogen (secondary N) is 2. The lowest BCUT2D eigenvalue weighted by Gasteiger charge is -2.10. The highest BCUT2D eigenvalue weighted by Gasteiger charge is 2.15. The summed E-state index contributed by atoms with van der Waals surface area (Å²) in [6, 6.07) is 10.1. The van der Waals surface area contributed by atoms with Crippen LogP contribution in [0.4, 0.5) is 5.69 Å². The monoisotopic (exact) mass is 284 g/mol. The van der Waals surface area contributed by atoms with Crippen molar-refractivity contribution >= 4 is 11.6 Å². The van der Waals surface area contributed by atoms with E-state index >= 15 is 0 Å². The van der Waals surface area contributed by atoms with Gasteiger partial charge in [-0.3, -0.25) is 4.79 Å². The van der Waals surface area contributed by atoms with Gasteiger partial charge in [0.05, 0.1) is 5.69 Å². The van der Waals surface area contributed by atoms with Gasteiger partial charge >= 0.3 is 0 Å². The van der Waals surface area contributed by atoms with Crippen LogP contribution in [0.1, 0.15) is 25.7 Å². The van der Waals surface area contributed by atoms with Crippen molar-refractivity contribution < 1.29 is 4.79 Å². The number of amides is 1. The molecule has 1 unspecified atom stereocenters. The molecule has 0 bridgehead atoms. The van der Waals surface area contributed by atoms with Crippen LogP contribution in [0.15, 0.2) is 42.7 Å². The van der Waals surface area contributed by atoms with E-state index in [1.807, 2.05) is 36.5 Å². The summed E-state index contributed by atoms with van der Waals surface area (Å²) >= 11 is 0. The molecule has 0 saturated carbocycles. The van der Waals surface area contributed by atoms with Gasteiger partial charge in [0.2, 0.25) is 5.91 Å². The van der Waals surface area contributed by atoms with E-state index in [2.05, 4.69) is 15.7 Å². The maximum Gasteiger partial charge on any atom is 0.224 e. The summed E-state index contributed by atoms with van der Waals surface area (Å²) in [6.45, 7) is 1.08. The molecule has 1 saturated heterocycles. The van der Waals surface area contributed by atoms with Crippen LogP contribution in [-0.2, 0) is 4.79 Å². The predicted molar refractivity (Wildman–Crippen MR) is 82.5 cm³/mol. The van der Waals surface area contributed by atoms with Gasteiger partial charge in [0, 0.05) is 30.5 Å². The fourth-order valence-electron chi connectivity index (χ4n) is 2.65. The molecule has 1 atom stereocenters. The van der Waals surface area contributed by atoms with Gasteiger partial charge in [-0.2, -0.15) is 5.10 Å². The highest BCUT2D eigenvalue weighted by Crippen LogP contribution is 2.14. The minimum Gasteiger partial charge on any atom is -0.326 e. The smallest absolute Gasteiger partial charge is 0.224 e. The van der Waals surface area contributed by atoms with Gasteiger partial charge in [-0.05, 0) is 56.1 Å². The van der Waals surface area contributed by atoms with Crippen molar-refractivity contribution in [1.82, 2.24) is 15.1 Å². The van der Waals surface area contributed by atoms with Crippen LogP contribution in [0.3, 0.4) is 0 Å². The lowest BCUT2D eigenvalue weighted by atomic mass is 10.1. The molecule has 5 heteroatoms. The Morgan fingerprint density at radius 1 is 1.38 bits per heavy atom. The molecular formula is C16H20N4O. The van der Waals surface area contributed by atoms with Crippen molar-refractivity contribution in [2.24, 2.45) is 0 Å². The second-order valence-corrected chi connectivity index (χ2v) is 5.38. The van der Waals surface area contributed by atoms with Crippen molar-refractivity contribution in [3.05, 3.63) is 42.7 Å². The molecule has 21 heavy (non-hydrogen) atoms. The quantitative estimate of drug-likeness (QED) is 0.886. The molecule has 1 amide bonds. The van der Waals surface area contributed by atoms with Crippen molar-refractivity contribution in [2.75, 3.05) is 11.9 Å². The molecule has 0 aliphatic carbocycles. The number of nitrogens with zero attached hydrogens (tertiary/aromatic N) is 2. The molecule has 1 aromatic carbocycles. The number of aromatic nitrogens is 2. The number of anilines is 1. The Morgan fingerprint density at radius 3 is 2.90 bits per heavy atom. The van der Waals surface area contributed by atoms with E-state index in [9.17, 15) is 4.79 Å². The van der Waals surface area contributed by atoms with Crippen molar-refractivity contribution in [2.45, 2.75) is 31.7 Å². The minimum absolute atomic E-state index is 0.0792. The molecular weight excluding hydrogens is 264 g/mol. The van der Waals surface area contributed by atoms with Gasteiger partial charge in [-0.1, -0.05) is 0 Å². The van der Waals surface area contributed by atoms with Crippen LogP contribution >= 0.6 is 0 Å². The van der Waals surface area contributed by atoms with Crippen LogP contribution in [-0.4, -0.2) is 28.3 Å². The standard InChI is InChI=1S/C16H20N4O/c21-16(9-6-13-3-1-10-17-13)19-14-4-7-15(8-5-14)20-12-2-11-18-20/h2,4-5,7-8,11-13,17H,1,3,6,9-10H2,(H,19,21). The number of carbonyl (C=O) groups is 1. The molecule has 2 N–H and O–H groups in total. The summed E-state index contributed by atoms with van der Waals surface area (Å²) in [5.41, 5.74) is 1.81. The molecule has 1 aliphatic heterocycles. The van der Waals surface area contributed by atoms with E-state index in [0.717, 1.165) is 24.3 Å². The third-order valence-electron chi connectivity index (χ3n) is 3.80. The minimum atomic E-state index is 0.0792. The highest BCUT2D eigenvalue weighted by molar-refractivity contribution is 5.90. The second-order valence-electron chi connectivity index (χ2n) is 5.38. The lowest BCUT2D eigenvalue weighted by Crippen LogP contribution is -2.23. The molecule has 2 aromatic rings. The summed E-state index contributed by atoms with van der Waals surface area (Å²) in [6.07, 6.45) is 7.53. The summed E-state index contributed by atoms with van der Waals surface area (Å²) in [4.78, 5) is 11.9. The highest BCUT2D eigenvalue weighted by atomic mass is 16.1. The van der Waals surface area contributed by atoms with Gasteiger partial charge in [0.15, 0.2) is 0 Å². The Bertz CT molecular complexity index is 571. The predicted octanol–water partition coefficient (Wildman–Crippen LogP) is 2.34. The Hall–Kier alpha value is -2.14. The van der Waals surface area contributed by atoms with E-state index in [-0.39, 0.29) is 5.91 Å². The maximum atomic E-state index is 11.9.